The average molecular weight is 289 g/mol. The highest BCUT2D eigenvalue weighted by Gasteiger charge is 2.00. The molecule has 2 heteroatoms. The minimum Gasteiger partial charge on any atom is -0.489 e. The molecule has 0 aromatic heterocycles. The third-order valence-corrected chi connectivity index (χ3v) is 3.59. The molecule has 0 aliphatic heterocycles. The predicted molar refractivity (Wildman–Crippen MR) is 92.2 cm³/mol. The molecule has 0 atom stereocenters. The summed E-state index contributed by atoms with van der Waals surface area (Å²) in [6.45, 7) is 0.593. The molecule has 110 valence electrons. The summed E-state index contributed by atoms with van der Waals surface area (Å²) in [5, 5.41) is 3.16. The van der Waals surface area contributed by atoms with Crippen molar-refractivity contribution in [2.24, 2.45) is 0 Å². The minimum absolute atomic E-state index is 0.593. The van der Waals surface area contributed by atoms with Crippen LogP contribution in [0.25, 0.3) is 11.1 Å². The lowest BCUT2D eigenvalue weighted by molar-refractivity contribution is 0.306. The number of hydrogen-bond donors (Lipinski definition) is 1. The molecule has 0 spiro atoms. The second-order valence-corrected chi connectivity index (χ2v) is 5.13. The van der Waals surface area contributed by atoms with Gasteiger partial charge in [-0.05, 0) is 41.0 Å². The van der Waals surface area contributed by atoms with Gasteiger partial charge in [-0.1, -0.05) is 54.6 Å². The fourth-order valence-corrected chi connectivity index (χ4v) is 2.34. The summed E-state index contributed by atoms with van der Waals surface area (Å²) in [6, 6.07) is 26.8. The number of nitrogens with one attached hydrogen (secondary N) is 1. The van der Waals surface area contributed by atoms with Crippen LogP contribution >= 0.6 is 0 Å². The van der Waals surface area contributed by atoms with Crippen molar-refractivity contribution in [3.05, 3.63) is 84.4 Å². The standard InChI is InChI=1S/C20H19NO/c1-21-19-9-5-8-18(14-19)17-10-12-20(13-11-17)22-15-16-6-3-2-4-7-16/h2-14,21H,15H2,1H3. The first kappa shape index (κ1) is 14.2. The van der Waals surface area contributed by atoms with Crippen LogP contribution in [-0.2, 0) is 6.61 Å². The van der Waals surface area contributed by atoms with Gasteiger partial charge >= 0.3 is 0 Å². The highest BCUT2D eigenvalue weighted by atomic mass is 16.5. The summed E-state index contributed by atoms with van der Waals surface area (Å²) in [4.78, 5) is 0. The van der Waals surface area contributed by atoms with Crippen LogP contribution in [0, 0.1) is 0 Å². The maximum absolute atomic E-state index is 5.82. The van der Waals surface area contributed by atoms with Crippen LogP contribution < -0.4 is 10.1 Å². The molecule has 3 aromatic carbocycles. The maximum Gasteiger partial charge on any atom is 0.119 e. The molecule has 0 radical (unpaired) electrons. The fraction of sp³-hybridized carbons (Fsp3) is 0.100. The second-order valence-electron chi connectivity index (χ2n) is 5.13. The highest BCUT2D eigenvalue weighted by Crippen LogP contribution is 2.25. The summed E-state index contributed by atoms with van der Waals surface area (Å²) in [6.07, 6.45) is 0. The highest BCUT2D eigenvalue weighted by molar-refractivity contribution is 5.68. The lowest BCUT2D eigenvalue weighted by atomic mass is 10.1. The molecular weight excluding hydrogens is 270 g/mol. The van der Waals surface area contributed by atoms with Crippen LogP contribution in [0.15, 0.2) is 78.9 Å². The van der Waals surface area contributed by atoms with E-state index in [1.54, 1.807) is 0 Å². The molecule has 0 aliphatic rings. The average Bonchev–Trinajstić information content (AvgIpc) is 2.61. The van der Waals surface area contributed by atoms with E-state index in [2.05, 4.69) is 53.8 Å². The van der Waals surface area contributed by atoms with Crippen LogP contribution in [-0.4, -0.2) is 7.05 Å². The van der Waals surface area contributed by atoms with Crippen molar-refractivity contribution in [2.45, 2.75) is 6.61 Å². The topological polar surface area (TPSA) is 21.3 Å². The molecule has 3 aromatic rings. The van der Waals surface area contributed by atoms with Gasteiger partial charge in [0, 0.05) is 12.7 Å². The van der Waals surface area contributed by atoms with Crippen LogP contribution in [0.3, 0.4) is 0 Å². The third-order valence-electron chi connectivity index (χ3n) is 3.59. The first-order chi connectivity index (χ1) is 10.8. The molecule has 0 saturated heterocycles. The molecule has 0 unspecified atom stereocenters. The summed E-state index contributed by atoms with van der Waals surface area (Å²) >= 11 is 0. The van der Waals surface area contributed by atoms with E-state index < -0.39 is 0 Å². The van der Waals surface area contributed by atoms with Crippen molar-refractivity contribution in [1.82, 2.24) is 0 Å². The largest absolute Gasteiger partial charge is 0.489 e. The van der Waals surface area contributed by atoms with Gasteiger partial charge in [-0.2, -0.15) is 0 Å². The lowest BCUT2D eigenvalue weighted by Gasteiger charge is -2.08. The summed E-state index contributed by atoms with van der Waals surface area (Å²) in [7, 11) is 1.93. The number of rotatable bonds is 5. The number of benzene rings is 3. The molecule has 3 rings (SSSR count). The Morgan fingerprint density at radius 2 is 1.55 bits per heavy atom. The maximum atomic E-state index is 5.82. The zero-order chi connectivity index (χ0) is 15.2. The van der Waals surface area contributed by atoms with Crippen molar-refractivity contribution in [1.29, 1.82) is 0 Å². The molecule has 0 amide bonds. The van der Waals surface area contributed by atoms with Crippen molar-refractivity contribution in [3.63, 3.8) is 0 Å². The Kier molecular flexibility index (Phi) is 4.40. The minimum atomic E-state index is 0.593. The molecular formula is C20H19NO. The van der Waals surface area contributed by atoms with E-state index >= 15 is 0 Å². The van der Waals surface area contributed by atoms with E-state index in [1.807, 2.05) is 37.4 Å². The van der Waals surface area contributed by atoms with Crippen LogP contribution in [0.1, 0.15) is 5.56 Å². The van der Waals surface area contributed by atoms with Gasteiger partial charge in [0.1, 0.15) is 12.4 Å². The van der Waals surface area contributed by atoms with Crippen LogP contribution in [0.4, 0.5) is 5.69 Å². The Morgan fingerprint density at radius 3 is 2.27 bits per heavy atom. The smallest absolute Gasteiger partial charge is 0.119 e. The predicted octanol–water partition coefficient (Wildman–Crippen LogP) is 4.97. The molecule has 2 nitrogen and oxygen atoms in total. The van der Waals surface area contributed by atoms with E-state index in [9.17, 15) is 0 Å². The van der Waals surface area contributed by atoms with Gasteiger partial charge in [-0.25, -0.2) is 0 Å². The SMILES string of the molecule is CNc1cccc(-c2ccc(OCc3ccccc3)cc2)c1. The van der Waals surface area contributed by atoms with E-state index in [0.29, 0.717) is 6.61 Å². The number of ether oxygens (including phenoxy) is 1. The van der Waals surface area contributed by atoms with Gasteiger partial charge in [0.15, 0.2) is 0 Å². The van der Waals surface area contributed by atoms with Crippen molar-refractivity contribution >= 4 is 5.69 Å². The number of anilines is 1. The fourth-order valence-electron chi connectivity index (χ4n) is 2.34. The van der Waals surface area contributed by atoms with Gasteiger partial charge in [0.25, 0.3) is 0 Å². The lowest BCUT2D eigenvalue weighted by Crippen LogP contribution is -1.94. The molecule has 0 aliphatic carbocycles. The first-order valence-electron chi connectivity index (χ1n) is 7.40. The Balaban J connectivity index is 1.69. The summed E-state index contributed by atoms with van der Waals surface area (Å²) in [5.74, 6) is 0.886. The van der Waals surface area contributed by atoms with Crippen molar-refractivity contribution < 1.29 is 4.74 Å². The zero-order valence-electron chi connectivity index (χ0n) is 12.6. The van der Waals surface area contributed by atoms with Gasteiger partial charge < -0.3 is 10.1 Å². The Hall–Kier alpha value is -2.74. The van der Waals surface area contributed by atoms with Crippen LogP contribution in [0.2, 0.25) is 0 Å². The Labute approximate surface area is 131 Å². The van der Waals surface area contributed by atoms with E-state index in [-0.39, 0.29) is 0 Å². The monoisotopic (exact) mass is 289 g/mol. The molecule has 0 bridgehead atoms. The van der Waals surface area contributed by atoms with E-state index in [1.165, 1.54) is 16.7 Å². The molecule has 0 fully saturated rings. The Morgan fingerprint density at radius 1 is 0.773 bits per heavy atom. The Bertz CT molecular complexity index is 720. The molecule has 22 heavy (non-hydrogen) atoms. The van der Waals surface area contributed by atoms with Gasteiger partial charge in [-0.15, -0.1) is 0 Å². The van der Waals surface area contributed by atoms with E-state index in [4.69, 9.17) is 4.74 Å². The summed E-state index contributed by atoms with van der Waals surface area (Å²) in [5.41, 5.74) is 4.67. The van der Waals surface area contributed by atoms with E-state index in [0.717, 1.165) is 11.4 Å². The molecule has 0 saturated carbocycles. The zero-order valence-corrected chi connectivity index (χ0v) is 12.6. The molecule has 1 N–H and O–H groups in total. The second kappa shape index (κ2) is 6.81. The normalized spacial score (nSPS) is 10.2. The van der Waals surface area contributed by atoms with Crippen molar-refractivity contribution in [2.75, 3.05) is 12.4 Å². The van der Waals surface area contributed by atoms with Gasteiger partial charge in [0.2, 0.25) is 0 Å². The van der Waals surface area contributed by atoms with Crippen molar-refractivity contribution in [3.8, 4) is 16.9 Å². The first-order valence-corrected chi connectivity index (χ1v) is 7.40. The van der Waals surface area contributed by atoms with Crippen LogP contribution in [0.5, 0.6) is 5.75 Å². The third kappa shape index (κ3) is 3.47. The van der Waals surface area contributed by atoms with Gasteiger partial charge in [0.05, 0.1) is 0 Å². The van der Waals surface area contributed by atoms with Gasteiger partial charge in [-0.3, -0.25) is 0 Å². The quantitative estimate of drug-likeness (QED) is 0.715. The molecule has 0 heterocycles. The summed E-state index contributed by atoms with van der Waals surface area (Å²) < 4.78 is 5.82. The number of hydrogen-bond acceptors (Lipinski definition) is 2.